The lowest BCUT2D eigenvalue weighted by atomic mass is 10.1. The van der Waals surface area contributed by atoms with Gasteiger partial charge in [-0.2, -0.15) is 0 Å². The first kappa shape index (κ1) is 11.9. The fraction of sp³-hybridized carbons (Fsp3) is 0.909. The molecule has 92 valence electrons. The van der Waals surface area contributed by atoms with E-state index in [0.717, 1.165) is 25.9 Å². The highest BCUT2D eigenvalue weighted by Gasteiger charge is 2.35. The molecule has 2 fully saturated rings. The highest BCUT2D eigenvalue weighted by Crippen LogP contribution is 2.22. The summed E-state index contributed by atoms with van der Waals surface area (Å²) in [5.74, 6) is 0.0747. The van der Waals surface area contributed by atoms with Crippen LogP contribution in [0.2, 0.25) is 0 Å². The summed E-state index contributed by atoms with van der Waals surface area (Å²) in [5, 5.41) is 0. The van der Waals surface area contributed by atoms with Crippen LogP contribution in [0.15, 0.2) is 0 Å². The highest BCUT2D eigenvalue weighted by atomic mass is 32.2. The van der Waals surface area contributed by atoms with Gasteiger partial charge in [-0.1, -0.05) is 12.8 Å². The van der Waals surface area contributed by atoms with E-state index in [-0.39, 0.29) is 23.3 Å². The van der Waals surface area contributed by atoms with Crippen molar-refractivity contribution in [3.05, 3.63) is 0 Å². The van der Waals surface area contributed by atoms with Crippen molar-refractivity contribution in [3.63, 3.8) is 0 Å². The molecule has 2 aliphatic heterocycles. The molecular weight excluding hydrogens is 226 g/mol. The highest BCUT2D eigenvalue weighted by molar-refractivity contribution is 7.91. The van der Waals surface area contributed by atoms with E-state index in [9.17, 15) is 13.2 Å². The Labute approximate surface area is 96.9 Å². The van der Waals surface area contributed by atoms with Crippen LogP contribution in [0, 0.1) is 5.92 Å². The Kier molecular flexibility index (Phi) is 3.52. The summed E-state index contributed by atoms with van der Waals surface area (Å²) in [7, 11) is -2.94. The summed E-state index contributed by atoms with van der Waals surface area (Å²) in [6.07, 6.45) is 5.02. The number of carbonyl (C=O) groups excluding carboxylic acids is 1. The predicted octanol–water partition coefficient (Wildman–Crippen LogP) is 0.824. The fourth-order valence-electron chi connectivity index (χ4n) is 2.54. The van der Waals surface area contributed by atoms with Crippen LogP contribution in [0.25, 0.3) is 0 Å². The molecule has 0 N–H and O–H groups in total. The van der Waals surface area contributed by atoms with Crippen molar-refractivity contribution in [1.29, 1.82) is 0 Å². The number of hydrogen-bond donors (Lipinski definition) is 0. The molecule has 0 radical (unpaired) electrons. The molecule has 1 unspecified atom stereocenters. The summed E-state index contributed by atoms with van der Waals surface area (Å²) in [4.78, 5) is 14.0. The Bertz CT molecular complexity index is 355. The molecular formula is C11H19NO3S. The first-order chi connectivity index (χ1) is 7.58. The zero-order valence-electron chi connectivity index (χ0n) is 9.52. The normalized spacial score (nSPS) is 30.0. The summed E-state index contributed by atoms with van der Waals surface area (Å²) in [6, 6.07) is 0. The van der Waals surface area contributed by atoms with Gasteiger partial charge in [0.15, 0.2) is 9.84 Å². The molecule has 0 saturated carbocycles. The smallest absolute Gasteiger partial charge is 0.226 e. The Morgan fingerprint density at radius 1 is 1.06 bits per heavy atom. The second-order valence-corrected chi connectivity index (χ2v) is 7.07. The number of amides is 1. The minimum absolute atomic E-state index is 0.0718. The van der Waals surface area contributed by atoms with Crippen LogP contribution in [0.3, 0.4) is 0 Å². The lowest BCUT2D eigenvalue weighted by molar-refractivity contribution is -0.134. The van der Waals surface area contributed by atoms with Crippen molar-refractivity contribution in [2.24, 2.45) is 5.92 Å². The van der Waals surface area contributed by atoms with Gasteiger partial charge >= 0.3 is 0 Å². The van der Waals surface area contributed by atoms with E-state index < -0.39 is 9.84 Å². The van der Waals surface area contributed by atoms with Gasteiger partial charge in [0.2, 0.25) is 5.91 Å². The van der Waals surface area contributed by atoms with Gasteiger partial charge < -0.3 is 4.90 Å². The zero-order chi connectivity index (χ0) is 11.6. The summed E-state index contributed by atoms with van der Waals surface area (Å²) in [5.41, 5.74) is 0. The van der Waals surface area contributed by atoms with Crippen LogP contribution >= 0.6 is 0 Å². The first-order valence-corrected chi connectivity index (χ1v) is 7.90. The first-order valence-electron chi connectivity index (χ1n) is 6.08. The number of rotatable bonds is 1. The molecule has 1 atom stereocenters. The lowest BCUT2D eigenvalue weighted by Gasteiger charge is -2.23. The van der Waals surface area contributed by atoms with Crippen LogP contribution in [-0.2, 0) is 14.6 Å². The summed E-state index contributed by atoms with van der Waals surface area (Å²) in [6.45, 7) is 1.63. The van der Waals surface area contributed by atoms with Crippen molar-refractivity contribution in [2.45, 2.75) is 32.1 Å². The molecule has 2 rings (SSSR count). The van der Waals surface area contributed by atoms with E-state index in [1.165, 1.54) is 12.8 Å². The van der Waals surface area contributed by atoms with Crippen molar-refractivity contribution in [2.75, 3.05) is 24.6 Å². The fourth-order valence-corrected chi connectivity index (χ4v) is 4.27. The van der Waals surface area contributed by atoms with Crippen molar-refractivity contribution >= 4 is 15.7 Å². The van der Waals surface area contributed by atoms with Gasteiger partial charge in [-0.25, -0.2) is 8.42 Å². The molecule has 2 saturated heterocycles. The second kappa shape index (κ2) is 4.73. The maximum absolute atomic E-state index is 12.1. The van der Waals surface area contributed by atoms with E-state index >= 15 is 0 Å². The molecule has 0 aliphatic carbocycles. The monoisotopic (exact) mass is 245 g/mol. The third-order valence-corrected chi connectivity index (χ3v) is 5.27. The summed E-state index contributed by atoms with van der Waals surface area (Å²) < 4.78 is 22.7. The largest absolute Gasteiger partial charge is 0.342 e. The lowest BCUT2D eigenvalue weighted by Crippen LogP contribution is -2.37. The minimum Gasteiger partial charge on any atom is -0.342 e. The summed E-state index contributed by atoms with van der Waals surface area (Å²) >= 11 is 0. The van der Waals surface area contributed by atoms with E-state index in [2.05, 4.69) is 0 Å². The number of sulfone groups is 1. The number of carbonyl (C=O) groups is 1. The predicted molar refractivity (Wildman–Crippen MR) is 61.8 cm³/mol. The molecule has 5 heteroatoms. The maximum Gasteiger partial charge on any atom is 0.226 e. The van der Waals surface area contributed by atoms with Crippen LogP contribution in [0.5, 0.6) is 0 Å². The van der Waals surface area contributed by atoms with Crippen LogP contribution in [0.1, 0.15) is 32.1 Å². The zero-order valence-corrected chi connectivity index (χ0v) is 10.3. The molecule has 4 nitrogen and oxygen atoms in total. The van der Waals surface area contributed by atoms with Gasteiger partial charge in [0.05, 0.1) is 17.4 Å². The molecule has 16 heavy (non-hydrogen) atoms. The van der Waals surface area contributed by atoms with E-state index in [1.807, 2.05) is 4.90 Å². The van der Waals surface area contributed by atoms with Crippen LogP contribution in [-0.4, -0.2) is 43.8 Å². The molecule has 1 amide bonds. The van der Waals surface area contributed by atoms with Crippen molar-refractivity contribution < 1.29 is 13.2 Å². The molecule has 0 bridgehead atoms. The number of hydrogen-bond acceptors (Lipinski definition) is 3. The van der Waals surface area contributed by atoms with Crippen LogP contribution < -0.4 is 0 Å². The molecule has 0 aromatic carbocycles. The molecule has 0 spiro atoms. The van der Waals surface area contributed by atoms with Gasteiger partial charge in [0, 0.05) is 13.1 Å². The quantitative estimate of drug-likeness (QED) is 0.687. The molecule has 0 aromatic rings. The Morgan fingerprint density at radius 2 is 1.69 bits per heavy atom. The molecule has 0 aromatic heterocycles. The van der Waals surface area contributed by atoms with E-state index in [4.69, 9.17) is 0 Å². The Hall–Kier alpha value is -0.580. The average Bonchev–Trinajstić information content (AvgIpc) is 2.48. The molecule has 2 aliphatic rings. The van der Waals surface area contributed by atoms with Gasteiger partial charge in [-0.05, 0) is 19.3 Å². The number of nitrogens with zero attached hydrogens (tertiary/aromatic N) is 1. The number of likely N-dealkylation sites (tertiary alicyclic amines) is 1. The molecule has 2 heterocycles. The third kappa shape index (κ3) is 2.75. The third-order valence-electron chi connectivity index (χ3n) is 3.50. The Morgan fingerprint density at radius 3 is 2.19 bits per heavy atom. The maximum atomic E-state index is 12.1. The Balaban J connectivity index is 1.96. The minimum atomic E-state index is -2.94. The van der Waals surface area contributed by atoms with Gasteiger partial charge in [0.1, 0.15) is 0 Å². The van der Waals surface area contributed by atoms with E-state index in [1.54, 1.807) is 0 Å². The average molecular weight is 245 g/mol. The topological polar surface area (TPSA) is 54.5 Å². The van der Waals surface area contributed by atoms with Gasteiger partial charge in [-0.3, -0.25) is 4.79 Å². The van der Waals surface area contributed by atoms with Crippen molar-refractivity contribution in [3.8, 4) is 0 Å². The second-order valence-electron chi connectivity index (χ2n) is 4.84. The van der Waals surface area contributed by atoms with Crippen molar-refractivity contribution in [1.82, 2.24) is 4.90 Å². The van der Waals surface area contributed by atoms with Gasteiger partial charge in [0.25, 0.3) is 0 Å². The SMILES string of the molecule is O=C(C1CCS(=O)(=O)C1)N1CCCCCC1. The van der Waals surface area contributed by atoms with Gasteiger partial charge in [-0.15, -0.1) is 0 Å². The van der Waals surface area contributed by atoms with Crippen LogP contribution in [0.4, 0.5) is 0 Å². The van der Waals surface area contributed by atoms with E-state index in [0.29, 0.717) is 6.42 Å². The standard InChI is InChI=1S/C11H19NO3S/c13-11(10-5-8-16(14,15)9-10)12-6-3-1-2-4-7-12/h10H,1-9H2.